The molecule has 0 saturated heterocycles. The molecule has 3 N–H and O–H groups in total. The lowest BCUT2D eigenvalue weighted by atomic mass is 10.3. The maximum absolute atomic E-state index is 11.9. The summed E-state index contributed by atoms with van der Waals surface area (Å²) in [4.78, 5) is 13.0. The fourth-order valence-corrected chi connectivity index (χ4v) is 3.80. The van der Waals surface area contributed by atoms with Gasteiger partial charge in [0, 0.05) is 27.2 Å². The minimum absolute atomic E-state index is 0.0139. The van der Waals surface area contributed by atoms with E-state index in [1.165, 1.54) is 24.3 Å². The van der Waals surface area contributed by atoms with Crippen LogP contribution in [-0.2, 0) is 14.8 Å². The van der Waals surface area contributed by atoms with Crippen molar-refractivity contribution >= 4 is 49.3 Å². The number of benzene rings is 2. The Bertz CT molecular complexity index is 793. The van der Waals surface area contributed by atoms with Crippen molar-refractivity contribution in [2.75, 3.05) is 11.1 Å². The maximum atomic E-state index is 11.9. The smallest absolute Gasteiger partial charge is 0.238 e. The second kappa shape index (κ2) is 7.96. The molecule has 0 fully saturated rings. The van der Waals surface area contributed by atoms with Crippen LogP contribution in [-0.4, -0.2) is 20.1 Å². The standard InChI is InChI=1S/C15H15BrN2O3S2/c16-13-3-1-2-4-14(13)22-10-9-15(19)18-11-5-7-12(8-6-11)23(17,20)21/h1-8H,9-10H2,(H,18,19)(H2,17,20,21). The zero-order valence-electron chi connectivity index (χ0n) is 12.0. The normalized spacial score (nSPS) is 11.2. The summed E-state index contributed by atoms with van der Waals surface area (Å²) in [6.45, 7) is 0. The topological polar surface area (TPSA) is 89.3 Å². The number of anilines is 1. The number of nitrogens with one attached hydrogen (secondary N) is 1. The summed E-state index contributed by atoms with van der Waals surface area (Å²) in [6, 6.07) is 13.6. The molecule has 0 aliphatic carbocycles. The van der Waals surface area contributed by atoms with Gasteiger partial charge < -0.3 is 5.32 Å². The van der Waals surface area contributed by atoms with Gasteiger partial charge in [-0.3, -0.25) is 4.79 Å². The third kappa shape index (κ3) is 5.65. The van der Waals surface area contributed by atoms with Gasteiger partial charge in [-0.05, 0) is 52.3 Å². The zero-order valence-corrected chi connectivity index (χ0v) is 15.2. The molecule has 8 heteroatoms. The number of thioether (sulfide) groups is 1. The van der Waals surface area contributed by atoms with Crippen molar-refractivity contribution in [3.8, 4) is 0 Å². The maximum Gasteiger partial charge on any atom is 0.238 e. The van der Waals surface area contributed by atoms with Crippen LogP contribution in [0.3, 0.4) is 0 Å². The van der Waals surface area contributed by atoms with E-state index >= 15 is 0 Å². The highest BCUT2D eigenvalue weighted by molar-refractivity contribution is 9.10. The first kappa shape index (κ1) is 18.0. The van der Waals surface area contributed by atoms with Crippen LogP contribution in [0.5, 0.6) is 0 Å². The zero-order chi connectivity index (χ0) is 16.9. The van der Waals surface area contributed by atoms with Crippen molar-refractivity contribution in [3.63, 3.8) is 0 Å². The first-order chi connectivity index (χ1) is 10.9. The van der Waals surface area contributed by atoms with Crippen molar-refractivity contribution in [1.29, 1.82) is 0 Å². The number of hydrogen-bond donors (Lipinski definition) is 2. The number of hydrogen-bond acceptors (Lipinski definition) is 4. The fraction of sp³-hybridized carbons (Fsp3) is 0.133. The highest BCUT2D eigenvalue weighted by atomic mass is 79.9. The van der Waals surface area contributed by atoms with E-state index in [2.05, 4.69) is 21.2 Å². The Morgan fingerprint density at radius 2 is 1.78 bits per heavy atom. The third-order valence-corrected chi connectivity index (χ3v) is 5.85. The van der Waals surface area contributed by atoms with Gasteiger partial charge in [0.1, 0.15) is 0 Å². The molecule has 0 saturated carbocycles. The summed E-state index contributed by atoms with van der Waals surface area (Å²) in [5, 5.41) is 7.74. The van der Waals surface area contributed by atoms with Crippen molar-refractivity contribution in [1.82, 2.24) is 0 Å². The lowest BCUT2D eigenvalue weighted by Gasteiger charge is -2.07. The Morgan fingerprint density at radius 1 is 1.13 bits per heavy atom. The molecule has 2 aromatic carbocycles. The molecule has 23 heavy (non-hydrogen) atoms. The monoisotopic (exact) mass is 414 g/mol. The Labute approximate surface area is 147 Å². The van der Waals surface area contributed by atoms with E-state index in [1.807, 2.05) is 24.3 Å². The molecule has 0 unspecified atom stereocenters. The highest BCUT2D eigenvalue weighted by Gasteiger charge is 2.08. The number of carbonyl (C=O) groups is 1. The molecule has 0 aliphatic heterocycles. The predicted octanol–water partition coefficient (Wildman–Crippen LogP) is 3.22. The third-order valence-electron chi connectivity index (χ3n) is 2.89. The van der Waals surface area contributed by atoms with Crippen molar-refractivity contribution in [3.05, 3.63) is 53.0 Å². The van der Waals surface area contributed by atoms with Gasteiger partial charge in [0.2, 0.25) is 15.9 Å². The molecule has 2 rings (SSSR count). The molecule has 0 aliphatic rings. The number of nitrogens with two attached hydrogens (primary N) is 1. The van der Waals surface area contributed by atoms with Crippen LogP contribution < -0.4 is 10.5 Å². The summed E-state index contributed by atoms with van der Waals surface area (Å²) in [5.41, 5.74) is 0.535. The molecule has 0 atom stereocenters. The first-order valence-corrected chi connectivity index (χ1v) is 9.99. The minimum atomic E-state index is -3.72. The summed E-state index contributed by atoms with van der Waals surface area (Å²) in [6.07, 6.45) is 0.350. The molecule has 122 valence electrons. The summed E-state index contributed by atoms with van der Waals surface area (Å²) < 4.78 is 23.3. The molecule has 0 radical (unpaired) electrons. The summed E-state index contributed by atoms with van der Waals surface area (Å²) >= 11 is 5.05. The molecular formula is C15H15BrN2O3S2. The van der Waals surface area contributed by atoms with Crippen molar-refractivity contribution in [2.45, 2.75) is 16.2 Å². The van der Waals surface area contributed by atoms with Crippen LogP contribution in [0.2, 0.25) is 0 Å². The second-order valence-electron chi connectivity index (χ2n) is 4.65. The van der Waals surface area contributed by atoms with Gasteiger partial charge in [0.05, 0.1) is 4.90 Å². The molecule has 1 amide bonds. The highest BCUT2D eigenvalue weighted by Crippen LogP contribution is 2.27. The van der Waals surface area contributed by atoms with Gasteiger partial charge in [0.15, 0.2) is 0 Å². The Balaban J connectivity index is 1.84. The Morgan fingerprint density at radius 3 is 2.39 bits per heavy atom. The average molecular weight is 415 g/mol. The van der Waals surface area contributed by atoms with E-state index in [1.54, 1.807) is 11.8 Å². The van der Waals surface area contributed by atoms with E-state index in [0.29, 0.717) is 17.9 Å². The average Bonchev–Trinajstić information content (AvgIpc) is 2.49. The Hall–Kier alpha value is -1.35. The van der Waals surface area contributed by atoms with Crippen LogP contribution in [0.15, 0.2) is 62.8 Å². The number of carbonyl (C=O) groups excluding carboxylic acids is 1. The van der Waals surface area contributed by atoms with Crippen LogP contribution in [0, 0.1) is 0 Å². The van der Waals surface area contributed by atoms with Gasteiger partial charge in [-0.2, -0.15) is 0 Å². The van der Waals surface area contributed by atoms with E-state index in [0.717, 1.165) is 9.37 Å². The van der Waals surface area contributed by atoms with Crippen LogP contribution in [0.4, 0.5) is 5.69 Å². The largest absolute Gasteiger partial charge is 0.326 e. The molecule has 0 aromatic heterocycles. The van der Waals surface area contributed by atoms with E-state index in [4.69, 9.17) is 5.14 Å². The van der Waals surface area contributed by atoms with E-state index in [-0.39, 0.29) is 10.8 Å². The van der Waals surface area contributed by atoms with Gasteiger partial charge >= 0.3 is 0 Å². The molecule has 0 bridgehead atoms. The minimum Gasteiger partial charge on any atom is -0.326 e. The number of primary sulfonamides is 1. The fourth-order valence-electron chi connectivity index (χ4n) is 1.77. The molecule has 0 heterocycles. The number of sulfonamides is 1. The Kier molecular flexibility index (Phi) is 6.23. The van der Waals surface area contributed by atoms with Crippen LogP contribution >= 0.6 is 27.7 Å². The molecular weight excluding hydrogens is 400 g/mol. The summed E-state index contributed by atoms with van der Waals surface area (Å²) in [5.74, 6) is 0.511. The summed E-state index contributed by atoms with van der Waals surface area (Å²) in [7, 11) is -3.72. The number of halogens is 1. The molecule has 2 aromatic rings. The first-order valence-electron chi connectivity index (χ1n) is 6.66. The van der Waals surface area contributed by atoms with Gasteiger partial charge in [-0.25, -0.2) is 13.6 Å². The molecule has 5 nitrogen and oxygen atoms in total. The lowest BCUT2D eigenvalue weighted by Crippen LogP contribution is -2.14. The molecule has 0 spiro atoms. The van der Waals surface area contributed by atoms with E-state index < -0.39 is 10.0 Å². The predicted molar refractivity (Wildman–Crippen MR) is 95.9 cm³/mol. The SMILES string of the molecule is NS(=O)(=O)c1ccc(NC(=O)CCSc2ccccc2Br)cc1. The number of amides is 1. The second-order valence-corrected chi connectivity index (χ2v) is 8.20. The van der Waals surface area contributed by atoms with Crippen molar-refractivity contribution in [2.24, 2.45) is 5.14 Å². The van der Waals surface area contributed by atoms with Gasteiger partial charge in [-0.15, -0.1) is 11.8 Å². The van der Waals surface area contributed by atoms with Crippen molar-refractivity contribution < 1.29 is 13.2 Å². The quantitative estimate of drug-likeness (QED) is 0.709. The lowest BCUT2D eigenvalue weighted by molar-refractivity contribution is -0.115. The van der Waals surface area contributed by atoms with Crippen LogP contribution in [0.1, 0.15) is 6.42 Å². The van der Waals surface area contributed by atoms with Gasteiger partial charge in [0.25, 0.3) is 0 Å². The number of rotatable bonds is 6. The van der Waals surface area contributed by atoms with Gasteiger partial charge in [-0.1, -0.05) is 12.1 Å². The van der Waals surface area contributed by atoms with E-state index in [9.17, 15) is 13.2 Å². The van der Waals surface area contributed by atoms with Crippen LogP contribution in [0.25, 0.3) is 0 Å².